The van der Waals surface area contributed by atoms with E-state index in [0.717, 1.165) is 57.7 Å². The average molecular weight is 493 g/mol. The van der Waals surface area contributed by atoms with Gasteiger partial charge in [0, 0.05) is 13.0 Å². The topological polar surface area (TPSA) is 92.8 Å². The molecule has 1 N–H and O–H groups in total. The Labute approximate surface area is 200 Å². The zero-order valence-corrected chi connectivity index (χ0v) is 20.3. The lowest BCUT2D eigenvalue weighted by atomic mass is 9.98. The minimum Gasteiger partial charge on any atom is -0.449 e. The van der Waals surface area contributed by atoms with Crippen LogP contribution in [0.3, 0.4) is 0 Å². The summed E-state index contributed by atoms with van der Waals surface area (Å²) in [5.74, 6) is -3.51. The zero-order chi connectivity index (χ0) is 25.6. The zero-order valence-electron chi connectivity index (χ0n) is 20.3. The van der Waals surface area contributed by atoms with Crippen molar-refractivity contribution >= 4 is 24.1 Å². The number of aldehydes is 1. The van der Waals surface area contributed by atoms with Gasteiger partial charge >= 0.3 is 12.3 Å². The van der Waals surface area contributed by atoms with Crippen LogP contribution in [0.1, 0.15) is 90.9 Å². The fourth-order valence-electron chi connectivity index (χ4n) is 4.03. The van der Waals surface area contributed by atoms with Crippen molar-refractivity contribution < 1.29 is 37.1 Å². The van der Waals surface area contributed by atoms with Crippen LogP contribution >= 0.6 is 0 Å². The fraction of sp³-hybridized carbons (Fsp3) is 0.833. The third-order valence-electron chi connectivity index (χ3n) is 6.01. The molecule has 196 valence electrons. The highest BCUT2D eigenvalue weighted by Crippen LogP contribution is 2.23. The van der Waals surface area contributed by atoms with E-state index in [1.54, 1.807) is 0 Å². The SMILES string of the molecule is CC(C)C(NC(=O)[C@@H]1CCCN1C(=O)OCCCCCCCCCCCC=O)C(=O)C(F)(F)F. The van der Waals surface area contributed by atoms with Crippen LogP contribution in [0.4, 0.5) is 18.0 Å². The van der Waals surface area contributed by atoms with Gasteiger partial charge in [0.2, 0.25) is 5.91 Å². The molecule has 0 aromatic carbocycles. The highest BCUT2D eigenvalue weighted by Gasteiger charge is 2.46. The van der Waals surface area contributed by atoms with Crippen molar-refractivity contribution in [2.45, 2.75) is 109 Å². The van der Waals surface area contributed by atoms with E-state index in [4.69, 9.17) is 4.74 Å². The molecule has 2 atom stereocenters. The maximum atomic E-state index is 12.8. The van der Waals surface area contributed by atoms with Crippen LogP contribution in [0.5, 0.6) is 0 Å². The van der Waals surface area contributed by atoms with E-state index in [-0.39, 0.29) is 13.2 Å². The molecule has 1 saturated heterocycles. The normalized spacial score (nSPS) is 17.0. The Morgan fingerprint density at radius 1 is 1.00 bits per heavy atom. The summed E-state index contributed by atoms with van der Waals surface area (Å²) < 4.78 is 43.8. The van der Waals surface area contributed by atoms with Gasteiger partial charge in [-0.2, -0.15) is 13.2 Å². The number of likely N-dealkylation sites (tertiary alicyclic amines) is 1. The van der Waals surface area contributed by atoms with Crippen molar-refractivity contribution in [3.63, 3.8) is 0 Å². The van der Waals surface area contributed by atoms with E-state index in [9.17, 15) is 32.3 Å². The summed E-state index contributed by atoms with van der Waals surface area (Å²) in [7, 11) is 0. The first kappa shape index (κ1) is 29.9. The van der Waals surface area contributed by atoms with Gasteiger partial charge in [-0.3, -0.25) is 14.5 Å². The summed E-state index contributed by atoms with van der Waals surface area (Å²) in [6.45, 7) is 3.34. The number of Topliss-reactive ketones (excluding diaryl/α,β-unsaturated/α-hetero) is 1. The highest BCUT2D eigenvalue weighted by atomic mass is 19.4. The van der Waals surface area contributed by atoms with Crippen molar-refractivity contribution in [2.24, 2.45) is 5.92 Å². The molecule has 0 aromatic rings. The van der Waals surface area contributed by atoms with Crippen LogP contribution < -0.4 is 5.32 Å². The highest BCUT2D eigenvalue weighted by molar-refractivity contribution is 5.95. The largest absolute Gasteiger partial charge is 0.452 e. The number of amides is 2. The lowest BCUT2D eigenvalue weighted by Gasteiger charge is -2.27. The van der Waals surface area contributed by atoms with Crippen LogP contribution in [-0.4, -0.2) is 60.4 Å². The van der Waals surface area contributed by atoms with Gasteiger partial charge in [0.1, 0.15) is 12.3 Å². The number of halogens is 3. The molecule has 1 aliphatic rings. The van der Waals surface area contributed by atoms with Crippen LogP contribution in [0, 0.1) is 5.92 Å². The number of carbonyl (C=O) groups is 4. The summed E-state index contributed by atoms with van der Waals surface area (Å²) in [6, 6.07) is -2.64. The van der Waals surface area contributed by atoms with E-state index < -0.39 is 42.0 Å². The number of ether oxygens (including phenoxy) is 1. The number of ketones is 1. The van der Waals surface area contributed by atoms with Gasteiger partial charge in [-0.05, 0) is 31.6 Å². The number of hydrogen-bond donors (Lipinski definition) is 1. The van der Waals surface area contributed by atoms with E-state index >= 15 is 0 Å². The predicted octanol–water partition coefficient (Wildman–Crippen LogP) is 4.96. The van der Waals surface area contributed by atoms with Crippen molar-refractivity contribution in [3.05, 3.63) is 0 Å². The molecule has 0 aromatic heterocycles. The third kappa shape index (κ3) is 10.9. The number of rotatable bonds is 16. The maximum absolute atomic E-state index is 12.8. The van der Waals surface area contributed by atoms with Crippen LogP contribution in [0.15, 0.2) is 0 Å². The van der Waals surface area contributed by atoms with Gasteiger partial charge in [0.15, 0.2) is 0 Å². The van der Waals surface area contributed by atoms with E-state index in [0.29, 0.717) is 25.7 Å². The maximum Gasteiger partial charge on any atom is 0.452 e. The van der Waals surface area contributed by atoms with Crippen molar-refractivity contribution in [3.8, 4) is 0 Å². The molecular weight excluding hydrogens is 453 g/mol. The lowest BCUT2D eigenvalue weighted by molar-refractivity contribution is -0.175. The second-order valence-corrected chi connectivity index (χ2v) is 9.20. The molecule has 0 aliphatic carbocycles. The van der Waals surface area contributed by atoms with Gasteiger partial charge in [0.25, 0.3) is 5.78 Å². The Balaban J connectivity index is 2.32. The van der Waals surface area contributed by atoms with Crippen molar-refractivity contribution in [2.75, 3.05) is 13.2 Å². The lowest BCUT2D eigenvalue weighted by Crippen LogP contribution is -2.55. The average Bonchev–Trinajstić information content (AvgIpc) is 3.27. The summed E-state index contributed by atoms with van der Waals surface area (Å²) >= 11 is 0. The third-order valence-corrected chi connectivity index (χ3v) is 6.01. The minimum absolute atomic E-state index is 0.219. The molecule has 1 unspecified atom stereocenters. The summed E-state index contributed by atoms with van der Waals surface area (Å²) in [5.41, 5.74) is 0. The van der Waals surface area contributed by atoms with E-state index in [1.165, 1.54) is 18.7 Å². The molecule has 1 fully saturated rings. The second kappa shape index (κ2) is 15.7. The van der Waals surface area contributed by atoms with E-state index in [2.05, 4.69) is 5.32 Å². The fourth-order valence-corrected chi connectivity index (χ4v) is 4.03. The first-order chi connectivity index (χ1) is 16.1. The molecule has 1 aliphatic heterocycles. The van der Waals surface area contributed by atoms with Crippen LogP contribution in [-0.2, 0) is 19.1 Å². The van der Waals surface area contributed by atoms with Gasteiger partial charge in [-0.1, -0.05) is 58.8 Å². The number of nitrogens with zero attached hydrogens (tertiary/aromatic N) is 1. The Morgan fingerprint density at radius 2 is 1.56 bits per heavy atom. The second-order valence-electron chi connectivity index (χ2n) is 9.20. The summed E-state index contributed by atoms with van der Waals surface area (Å²) in [4.78, 5) is 48.1. The number of unbranched alkanes of at least 4 members (excludes halogenated alkanes) is 9. The van der Waals surface area contributed by atoms with Gasteiger partial charge in [-0.15, -0.1) is 0 Å². The van der Waals surface area contributed by atoms with Gasteiger partial charge in [0.05, 0.1) is 12.6 Å². The molecule has 0 radical (unpaired) electrons. The monoisotopic (exact) mass is 492 g/mol. The number of alkyl halides is 3. The summed E-state index contributed by atoms with van der Waals surface area (Å²) in [6.07, 6.45) is 5.94. The minimum atomic E-state index is -5.05. The number of hydrogen-bond acceptors (Lipinski definition) is 5. The molecule has 10 heteroatoms. The molecule has 0 bridgehead atoms. The first-order valence-corrected chi connectivity index (χ1v) is 12.4. The van der Waals surface area contributed by atoms with Crippen molar-refractivity contribution in [1.29, 1.82) is 0 Å². The Morgan fingerprint density at radius 3 is 2.09 bits per heavy atom. The number of nitrogens with one attached hydrogen (secondary N) is 1. The smallest absolute Gasteiger partial charge is 0.449 e. The molecule has 0 spiro atoms. The Kier molecular flexibility index (Phi) is 13.8. The van der Waals surface area contributed by atoms with Gasteiger partial charge in [-0.25, -0.2) is 4.79 Å². The van der Waals surface area contributed by atoms with Crippen molar-refractivity contribution in [1.82, 2.24) is 10.2 Å². The molecule has 34 heavy (non-hydrogen) atoms. The molecule has 2 amide bonds. The van der Waals surface area contributed by atoms with Crippen LogP contribution in [0.25, 0.3) is 0 Å². The summed E-state index contributed by atoms with van der Waals surface area (Å²) in [5, 5.41) is 2.19. The molecule has 0 saturated carbocycles. The quantitative estimate of drug-likeness (QED) is 0.243. The Hall–Kier alpha value is -2.13. The molecule has 1 rings (SSSR count). The van der Waals surface area contributed by atoms with E-state index in [1.807, 2.05) is 0 Å². The molecule has 1 heterocycles. The number of carbonyl (C=O) groups excluding carboxylic acids is 4. The first-order valence-electron chi connectivity index (χ1n) is 12.4. The van der Waals surface area contributed by atoms with Gasteiger partial charge < -0.3 is 14.8 Å². The molecular formula is C24H39F3N2O5. The standard InChI is InChI=1S/C24H39F3N2O5/c1-18(2)20(21(31)24(25,26)27)28-22(32)19-14-13-15-29(19)23(33)34-17-12-10-8-6-4-3-5-7-9-11-16-30/h16,18-20H,3-15,17H2,1-2H3,(H,28,32)/t19-,20?/m0/s1. The molecule has 7 nitrogen and oxygen atoms in total. The predicted molar refractivity (Wildman–Crippen MR) is 121 cm³/mol. The van der Waals surface area contributed by atoms with Crippen LogP contribution in [0.2, 0.25) is 0 Å². The Bertz CT molecular complexity index is 655.